The SMILES string of the molecule is CCCCOc1c(-c2ccnc3ccc(C(C)=CC(=O)OC)cc23)cc(C(C)C)cc1C(C)C. The molecule has 3 rings (SSSR count). The summed E-state index contributed by atoms with van der Waals surface area (Å²) in [6, 6.07) is 12.8. The highest BCUT2D eigenvalue weighted by Crippen LogP contribution is 2.42. The van der Waals surface area contributed by atoms with Crippen molar-refractivity contribution in [2.45, 2.75) is 66.2 Å². The fourth-order valence-corrected chi connectivity index (χ4v) is 4.06. The number of allylic oxidation sites excluding steroid dienone is 1. The lowest BCUT2D eigenvalue weighted by molar-refractivity contribution is -0.134. The lowest BCUT2D eigenvalue weighted by Gasteiger charge is -2.22. The highest BCUT2D eigenvalue weighted by atomic mass is 16.5. The molecule has 1 aromatic heterocycles. The number of carbonyl (C=O) groups is 1. The number of carbonyl (C=O) groups excluding carboxylic acids is 1. The molecule has 0 atom stereocenters. The molecule has 0 radical (unpaired) electrons. The van der Waals surface area contributed by atoms with Crippen LogP contribution in [0.5, 0.6) is 5.75 Å². The second-order valence-electron chi connectivity index (χ2n) is 9.44. The molecule has 0 saturated heterocycles. The smallest absolute Gasteiger partial charge is 0.330 e. The minimum absolute atomic E-state index is 0.336. The highest BCUT2D eigenvalue weighted by Gasteiger charge is 2.19. The van der Waals surface area contributed by atoms with E-state index in [4.69, 9.17) is 9.47 Å². The number of methoxy groups -OCH3 is 1. The average Bonchev–Trinajstić information content (AvgIpc) is 2.82. The molecule has 3 aromatic rings. The maximum atomic E-state index is 11.8. The number of rotatable bonds is 9. The Morgan fingerprint density at radius 3 is 2.44 bits per heavy atom. The predicted octanol–water partition coefficient (Wildman–Crippen LogP) is 7.90. The lowest BCUT2D eigenvalue weighted by Crippen LogP contribution is -2.05. The summed E-state index contributed by atoms with van der Waals surface area (Å²) in [5.74, 6) is 1.34. The number of hydrogen-bond donors (Lipinski definition) is 0. The summed E-state index contributed by atoms with van der Waals surface area (Å²) < 4.78 is 11.3. The van der Waals surface area contributed by atoms with E-state index in [0.717, 1.165) is 51.8 Å². The highest BCUT2D eigenvalue weighted by molar-refractivity contribution is 5.99. The normalized spacial score (nSPS) is 12.0. The van der Waals surface area contributed by atoms with E-state index in [1.165, 1.54) is 24.3 Å². The quantitative estimate of drug-likeness (QED) is 0.185. The Balaban J connectivity index is 2.29. The Morgan fingerprint density at radius 2 is 1.79 bits per heavy atom. The van der Waals surface area contributed by atoms with Crippen molar-refractivity contribution in [3.63, 3.8) is 0 Å². The molecule has 2 aromatic carbocycles. The maximum absolute atomic E-state index is 11.8. The van der Waals surface area contributed by atoms with Crippen LogP contribution in [0.3, 0.4) is 0 Å². The zero-order chi connectivity index (χ0) is 24.8. The molecule has 4 heteroatoms. The van der Waals surface area contributed by atoms with Gasteiger partial charge in [-0.25, -0.2) is 4.79 Å². The van der Waals surface area contributed by atoms with Crippen LogP contribution in [0.15, 0.2) is 48.7 Å². The minimum atomic E-state index is -0.359. The molecule has 4 nitrogen and oxygen atoms in total. The zero-order valence-electron chi connectivity index (χ0n) is 21.6. The number of hydrogen-bond acceptors (Lipinski definition) is 4. The molecule has 0 aliphatic carbocycles. The second-order valence-corrected chi connectivity index (χ2v) is 9.44. The van der Waals surface area contributed by atoms with Gasteiger partial charge in [-0.1, -0.05) is 53.2 Å². The van der Waals surface area contributed by atoms with Crippen molar-refractivity contribution in [3.8, 4) is 16.9 Å². The van der Waals surface area contributed by atoms with Crippen LogP contribution in [-0.2, 0) is 9.53 Å². The summed E-state index contributed by atoms with van der Waals surface area (Å²) in [4.78, 5) is 16.4. The van der Waals surface area contributed by atoms with Gasteiger partial charge in [-0.2, -0.15) is 0 Å². The first-order valence-corrected chi connectivity index (χ1v) is 12.2. The summed E-state index contributed by atoms with van der Waals surface area (Å²) in [5, 5.41) is 1.04. The van der Waals surface area contributed by atoms with Gasteiger partial charge >= 0.3 is 5.97 Å². The topological polar surface area (TPSA) is 48.4 Å². The van der Waals surface area contributed by atoms with E-state index in [0.29, 0.717) is 18.4 Å². The molecule has 0 unspecified atom stereocenters. The van der Waals surface area contributed by atoms with E-state index in [2.05, 4.69) is 63.9 Å². The number of ether oxygens (including phenoxy) is 2. The van der Waals surface area contributed by atoms with Crippen LogP contribution in [0.25, 0.3) is 27.6 Å². The molecule has 0 aliphatic heterocycles. The van der Waals surface area contributed by atoms with Gasteiger partial charge in [0.2, 0.25) is 0 Å². The van der Waals surface area contributed by atoms with Gasteiger partial charge in [0.15, 0.2) is 0 Å². The van der Waals surface area contributed by atoms with Crippen LogP contribution < -0.4 is 4.74 Å². The van der Waals surface area contributed by atoms with Gasteiger partial charge in [-0.15, -0.1) is 0 Å². The minimum Gasteiger partial charge on any atom is -0.493 e. The largest absolute Gasteiger partial charge is 0.493 e. The molecular weight excluding hydrogens is 422 g/mol. The van der Waals surface area contributed by atoms with Crippen molar-refractivity contribution in [3.05, 3.63) is 65.4 Å². The van der Waals surface area contributed by atoms with Gasteiger partial charge in [0.25, 0.3) is 0 Å². The van der Waals surface area contributed by atoms with Crippen LogP contribution in [0.1, 0.15) is 82.9 Å². The first kappa shape index (κ1) is 25.5. The third-order valence-corrected chi connectivity index (χ3v) is 6.20. The van der Waals surface area contributed by atoms with Crippen LogP contribution in [0.2, 0.25) is 0 Å². The number of pyridine rings is 1. The summed E-state index contributed by atoms with van der Waals surface area (Å²) in [6.45, 7) is 13.7. The lowest BCUT2D eigenvalue weighted by atomic mass is 9.88. The number of nitrogens with zero attached hydrogens (tertiary/aromatic N) is 1. The molecular formula is C30H37NO3. The standard InChI is InChI=1S/C30H37NO3/c1-8-9-14-34-30-25(20(4)5)17-23(19(2)3)18-27(30)24-12-13-31-28-11-10-22(16-26(24)28)21(6)15-29(32)33-7/h10-13,15-20H,8-9,14H2,1-7H3. The van der Waals surface area contributed by atoms with Gasteiger partial charge in [-0.05, 0) is 77.3 Å². The van der Waals surface area contributed by atoms with E-state index < -0.39 is 0 Å². The fraction of sp³-hybridized carbons (Fsp3) is 0.400. The van der Waals surface area contributed by atoms with Crippen LogP contribution >= 0.6 is 0 Å². The summed E-state index contributed by atoms with van der Waals surface area (Å²) >= 11 is 0. The van der Waals surface area contributed by atoms with Gasteiger partial charge < -0.3 is 9.47 Å². The van der Waals surface area contributed by atoms with Gasteiger partial charge in [0.1, 0.15) is 5.75 Å². The van der Waals surface area contributed by atoms with Gasteiger partial charge in [0.05, 0.1) is 19.2 Å². The molecule has 0 saturated carbocycles. The number of esters is 1. The molecule has 0 N–H and O–H groups in total. The molecule has 0 aliphatic rings. The van der Waals surface area contributed by atoms with Crippen LogP contribution in [0.4, 0.5) is 0 Å². The maximum Gasteiger partial charge on any atom is 0.330 e. The molecule has 0 spiro atoms. The number of benzene rings is 2. The first-order chi connectivity index (χ1) is 16.3. The monoisotopic (exact) mass is 459 g/mol. The molecule has 1 heterocycles. The van der Waals surface area contributed by atoms with Crippen molar-refractivity contribution in [2.75, 3.05) is 13.7 Å². The Bertz CT molecular complexity index is 1190. The van der Waals surface area contributed by atoms with E-state index >= 15 is 0 Å². The molecule has 0 amide bonds. The average molecular weight is 460 g/mol. The predicted molar refractivity (Wildman–Crippen MR) is 141 cm³/mol. The van der Waals surface area contributed by atoms with Crippen molar-refractivity contribution < 1.29 is 14.3 Å². The third kappa shape index (κ3) is 5.67. The first-order valence-electron chi connectivity index (χ1n) is 12.2. The second kappa shape index (κ2) is 11.3. The van der Waals surface area contributed by atoms with Crippen molar-refractivity contribution in [1.82, 2.24) is 4.98 Å². The Labute approximate surface area is 204 Å². The van der Waals surface area contributed by atoms with Crippen molar-refractivity contribution in [1.29, 1.82) is 0 Å². The summed E-state index contributed by atoms with van der Waals surface area (Å²) in [7, 11) is 1.39. The number of unbranched alkanes of at least 4 members (excludes halogenated alkanes) is 1. The Kier molecular flexibility index (Phi) is 8.49. The van der Waals surface area contributed by atoms with Crippen molar-refractivity contribution >= 4 is 22.4 Å². The zero-order valence-corrected chi connectivity index (χ0v) is 21.6. The molecule has 0 bridgehead atoms. The van der Waals surface area contributed by atoms with Crippen molar-refractivity contribution in [2.24, 2.45) is 0 Å². The van der Waals surface area contributed by atoms with E-state index in [1.807, 2.05) is 25.3 Å². The van der Waals surface area contributed by atoms with E-state index in [-0.39, 0.29) is 5.97 Å². The Hall–Kier alpha value is -3.14. The fourth-order valence-electron chi connectivity index (χ4n) is 4.06. The summed E-state index contributed by atoms with van der Waals surface area (Å²) in [6.07, 6.45) is 5.49. The third-order valence-electron chi connectivity index (χ3n) is 6.20. The van der Waals surface area contributed by atoms with Gasteiger partial charge in [-0.3, -0.25) is 4.98 Å². The van der Waals surface area contributed by atoms with Crippen LogP contribution in [0, 0.1) is 0 Å². The molecule has 0 fully saturated rings. The molecule has 34 heavy (non-hydrogen) atoms. The summed E-state index contributed by atoms with van der Waals surface area (Å²) in [5.41, 5.74) is 7.45. The number of aromatic nitrogens is 1. The molecule has 180 valence electrons. The van der Waals surface area contributed by atoms with E-state index in [9.17, 15) is 4.79 Å². The van der Waals surface area contributed by atoms with Gasteiger partial charge in [0, 0.05) is 23.2 Å². The Morgan fingerprint density at radius 1 is 1.03 bits per heavy atom. The number of fused-ring (bicyclic) bond motifs is 1. The van der Waals surface area contributed by atoms with E-state index in [1.54, 1.807) is 0 Å². The van der Waals surface area contributed by atoms with Crippen LogP contribution in [-0.4, -0.2) is 24.7 Å².